The minimum absolute atomic E-state index is 0.175. The molecule has 0 aromatic heterocycles. The summed E-state index contributed by atoms with van der Waals surface area (Å²) >= 11 is 6.03. The molecule has 0 aliphatic carbocycles. The molecule has 132 valence electrons. The molecule has 0 atom stereocenters. The van der Waals surface area contributed by atoms with Crippen LogP contribution in [0.4, 0.5) is 17.1 Å². The van der Waals surface area contributed by atoms with Crippen LogP contribution < -0.4 is 10.6 Å². The van der Waals surface area contributed by atoms with Gasteiger partial charge in [-0.3, -0.25) is 14.9 Å². The van der Waals surface area contributed by atoms with E-state index in [1.807, 2.05) is 6.92 Å². The second-order valence-electron chi connectivity index (χ2n) is 5.33. The first-order chi connectivity index (χ1) is 11.9. The summed E-state index contributed by atoms with van der Waals surface area (Å²) in [6.07, 6.45) is 0. The second kappa shape index (κ2) is 8.46. The molecule has 2 N–H and O–H groups in total. The standard InChI is InChI=1S/C17H18ClN3O4/c1-11-3-5-13(10-14(11)18)20-17(22)12-4-6-15(19-7-8-25-2)16(9-12)21(23)24/h3-6,9-10,19H,7-8H2,1-2H3,(H,20,22). The fourth-order valence-corrected chi connectivity index (χ4v) is 2.32. The molecule has 2 aromatic carbocycles. The Morgan fingerprint density at radius 2 is 2.04 bits per heavy atom. The minimum atomic E-state index is -0.533. The van der Waals surface area contributed by atoms with E-state index in [1.165, 1.54) is 18.2 Å². The lowest BCUT2D eigenvalue weighted by Crippen LogP contribution is -2.13. The van der Waals surface area contributed by atoms with Gasteiger partial charge in [0.2, 0.25) is 0 Å². The molecule has 25 heavy (non-hydrogen) atoms. The van der Waals surface area contributed by atoms with Gasteiger partial charge in [-0.1, -0.05) is 17.7 Å². The number of nitrogens with zero attached hydrogens (tertiary/aromatic N) is 1. The maximum Gasteiger partial charge on any atom is 0.293 e. The number of hydrogen-bond acceptors (Lipinski definition) is 5. The predicted octanol–water partition coefficient (Wildman–Crippen LogP) is 3.87. The molecule has 8 heteroatoms. The van der Waals surface area contributed by atoms with Crippen molar-refractivity contribution in [2.75, 3.05) is 30.9 Å². The van der Waals surface area contributed by atoms with Gasteiger partial charge in [-0.25, -0.2) is 0 Å². The van der Waals surface area contributed by atoms with Gasteiger partial charge in [-0.15, -0.1) is 0 Å². The maximum atomic E-state index is 12.3. The summed E-state index contributed by atoms with van der Waals surface area (Å²) in [5, 5.41) is 17.4. The van der Waals surface area contributed by atoms with Gasteiger partial charge < -0.3 is 15.4 Å². The van der Waals surface area contributed by atoms with Gasteiger partial charge in [0.25, 0.3) is 11.6 Å². The average Bonchev–Trinajstić information content (AvgIpc) is 2.58. The summed E-state index contributed by atoms with van der Waals surface area (Å²) in [4.78, 5) is 23.1. The molecule has 0 saturated heterocycles. The van der Waals surface area contributed by atoms with E-state index in [0.717, 1.165) is 5.56 Å². The zero-order valence-electron chi connectivity index (χ0n) is 13.8. The third-order valence-corrected chi connectivity index (χ3v) is 3.92. The molecule has 0 spiro atoms. The molecule has 0 saturated carbocycles. The van der Waals surface area contributed by atoms with Gasteiger partial charge in [-0.05, 0) is 36.8 Å². The Balaban J connectivity index is 2.20. The molecule has 7 nitrogen and oxygen atoms in total. The van der Waals surface area contributed by atoms with Crippen molar-refractivity contribution in [2.45, 2.75) is 6.92 Å². The largest absolute Gasteiger partial charge is 0.383 e. The Morgan fingerprint density at radius 3 is 2.68 bits per heavy atom. The molecule has 0 aliphatic heterocycles. The highest BCUT2D eigenvalue weighted by atomic mass is 35.5. The minimum Gasteiger partial charge on any atom is -0.383 e. The van der Waals surface area contributed by atoms with Crippen LogP contribution in [0.25, 0.3) is 0 Å². The lowest BCUT2D eigenvalue weighted by Gasteiger charge is -2.09. The van der Waals surface area contributed by atoms with Crippen LogP contribution in [0.15, 0.2) is 36.4 Å². The van der Waals surface area contributed by atoms with E-state index in [-0.39, 0.29) is 11.3 Å². The SMILES string of the molecule is COCCNc1ccc(C(=O)Nc2ccc(C)c(Cl)c2)cc1[N+](=O)[O-]. The van der Waals surface area contributed by atoms with Crippen LogP contribution in [0.3, 0.4) is 0 Å². The fourth-order valence-electron chi connectivity index (χ4n) is 2.14. The molecule has 0 heterocycles. The highest BCUT2D eigenvalue weighted by Crippen LogP contribution is 2.26. The van der Waals surface area contributed by atoms with Crippen LogP contribution in [0.2, 0.25) is 5.02 Å². The Labute approximate surface area is 150 Å². The van der Waals surface area contributed by atoms with E-state index in [4.69, 9.17) is 16.3 Å². The smallest absolute Gasteiger partial charge is 0.293 e. The van der Waals surface area contributed by atoms with E-state index in [1.54, 1.807) is 25.3 Å². The van der Waals surface area contributed by atoms with Crippen molar-refractivity contribution in [3.8, 4) is 0 Å². The Morgan fingerprint density at radius 1 is 1.28 bits per heavy atom. The van der Waals surface area contributed by atoms with Crippen LogP contribution in [0.5, 0.6) is 0 Å². The number of anilines is 2. The van der Waals surface area contributed by atoms with Gasteiger partial charge in [0.05, 0.1) is 11.5 Å². The highest BCUT2D eigenvalue weighted by Gasteiger charge is 2.17. The number of nitrogens with one attached hydrogen (secondary N) is 2. The van der Waals surface area contributed by atoms with E-state index in [2.05, 4.69) is 10.6 Å². The Bertz CT molecular complexity index is 795. The number of rotatable bonds is 7. The number of amides is 1. The average molecular weight is 364 g/mol. The van der Waals surface area contributed by atoms with Crippen LogP contribution in [-0.2, 0) is 4.74 Å². The topological polar surface area (TPSA) is 93.5 Å². The summed E-state index contributed by atoms with van der Waals surface area (Å²) in [5.74, 6) is -0.452. The first kappa shape index (κ1) is 18.7. The van der Waals surface area contributed by atoms with Crippen molar-refractivity contribution in [1.82, 2.24) is 0 Å². The zero-order valence-corrected chi connectivity index (χ0v) is 14.6. The Kier molecular flexibility index (Phi) is 6.32. The number of ether oxygens (including phenoxy) is 1. The van der Waals surface area contributed by atoms with Crippen molar-refractivity contribution < 1.29 is 14.5 Å². The summed E-state index contributed by atoms with van der Waals surface area (Å²) in [5.41, 5.74) is 1.75. The second-order valence-corrected chi connectivity index (χ2v) is 5.73. The molecule has 0 bridgehead atoms. The van der Waals surface area contributed by atoms with Crippen LogP contribution in [0.1, 0.15) is 15.9 Å². The lowest BCUT2D eigenvalue weighted by molar-refractivity contribution is -0.384. The van der Waals surface area contributed by atoms with Gasteiger partial charge >= 0.3 is 0 Å². The normalized spacial score (nSPS) is 10.4. The third kappa shape index (κ3) is 4.91. The molecular formula is C17H18ClN3O4. The number of nitro benzene ring substituents is 1. The quantitative estimate of drug-likeness (QED) is 0.442. The first-order valence-corrected chi connectivity index (χ1v) is 7.89. The molecule has 0 radical (unpaired) electrons. The number of carbonyl (C=O) groups excluding carboxylic acids is 1. The number of nitro groups is 1. The first-order valence-electron chi connectivity index (χ1n) is 7.51. The lowest BCUT2D eigenvalue weighted by atomic mass is 10.1. The van der Waals surface area contributed by atoms with E-state index in [9.17, 15) is 14.9 Å². The predicted molar refractivity (Wildman–Crippen MR) is 97.6 cm³/mol. The number of aryl methyl sites for hydroxylation is 1. The molecule has 0 aliphatic rings. The summed E-state index contributed by atoms with van der Waals surface area (Å²) in [6.45, 7) is 2.69. The van der Waals surface area contributed by atoms with Crippen molar-refractivity contribution in [1.29, 1.82) is 0 Å². The molecular weight excluding hydrogens is 346 g/mol. The third-order valence-electron chi connectivity index (χ3n) is 3.51. The number of benzene rings is 2. The van der Waals surface area contributed by atoms with Gasteiger partial charge in [0, 0.05) is 36.0 Å². The van der Waals surface area contributed by atoms with Gasteiger partial charge in [-0.2, -0.15) is 0 Å². The van der Waals surface area contributed by atoms with Crippen LogP contribution in [-0.4, -0.2) is 31.1 Å². The monoisotopic (exact) mass is 363 g/mol. The summed E-state index contributed by atoms with van der Waals surface area (Å²) < 4.78 is 4.90. The molecule has 2 aromatic rings. The van der Waals surface area contributed by atoms with Crippen molar-refractivity contribution in [3.63, 3.8) is 0 Å². The highest BCUT2D eigenvalue weighted by molar-refractivity contribution is 6.31. The summed E-state index contributed by atoms with van der Waals surface area (Å²) in [7, 11) is 1.54. The molecule has 2 rings (SSSR count). The van der Waals surface area contributed by atoms with E-state index in [0.29, 0.717) is 29.5 Å². The van der Waals surface area contributed by atoms with E-state index < -0.39 is 10.8 Å². The number of hydrogen-bond donors (Lipinski definition) is 2. The van der Waals surface area contributed by atoms with Gasteiger partial charge in [0.1, 0.15) is 5.69 Å². The molecule has 0 unspecified atom stereocenters. The fraction of sp³-hybridized carbons (Fsp3) is 0.235. The van der Waals surface area contributed by atoms with Crippen molar-refractivity contribution in [2.24, 2.45) is 0 Å². The van der Waals surface area contributed by atoms with Crippen molar-refractivity contribution >= 4 is 34.6 Å². The van der Waals surface area contributed by atoms with Crippen LogP contribution in [0, 0.1) is 17.0 Å². The van der Waals surface area contributed by atoms with Crippen molar-refractivity contribution in [3.05, 3.63) is 62.7 Å². The summed E-state index contributed by atoms with van der Waals surface area (Å²) in [6, 6.07) is 9.39. The molecule has 0 fully saturated rings. The number of methoxy groups -OCH3 is 1. The zero-order chi connectivity index (χ0) is 18.4. The maximum absolute atomic E-state index is 12.3. The Hall–Kier alpha value is -2.64. The van der Waals surface area contributed by atoms with Crippen LogP contribution >= 0.6 is 11.6 Å². The van der Waals surface area contributed by atoms with E-state index >= 15 is 0 Å². The number of carbonyl (C=O) groups is 1. The molecule has 1 amide bonds. The van der Waals surface area contributed by atoms with Gasteiger partial charge in [0.15, 0.2) is 0 Å². The number of halogens is 1.